The Kier molecular flexibility index (Phi) is 7.81. The zero-order chi connectivity index (χ0) is 19.9. The smallest absolute Gasteiger partial charge is 0.242 e. The maximum Gasteiger partial charge on any atom is 0.242 e. The van der Waals surface area contributed by atoms with Gasteiger partial charge in [-0.25, -0.2) is 4.99 Å². The molecule has 0 aromatic heterocycles. The first-order valence-electron chi connectivity index (χ1n) is 8.51. The predicted octanol–water partition coefficient (Wildman–Crippen LogP) is 3.74. The molecule has 9 heteroatoms. The second kappa shape index (κ2) is 10.3. The van der Waals surface area contributed by atoms with Crippen LogP contribution in [0.1, 0.15) is 6.42 Å². The number of carbonyl (C=O) groups excluding carboxylic acids is 2. The lowest BCUT2D eigenvalue weighted by atomic mass is 10.2. The van der Waals surface area contributed by atoms with Crippen molar-refractivity contribution in [3.8, 4) is 0 Å². The van der Waals surface area contributed by atoms with Gasteiger partial charge < -0.3 is 16.1 Å². The van der Waals surface area contributed by atoms with Gasteiger partial charge in [0.05, 0.1) is 22.3 Å². The van der Waals surface area contributed by atoms with Crippen molar-refractivity contribution in [2.75, 3.05) is 6.54 Å². The molecule has 1 aliphatic rings. The number of aliphatic carboxylic acids is 1. The molecule has 0 spiro atoms. The summed E-state index contributed by atoms with van der Waals surface area (Å²) in [6.07, 6.45) is 1.22. The van der Waals surface area contributed by atoms with Crippen LogP contribution in [0.25, 0.3) is 0 Å². The summed E-state index contributed by atoms with van der Waals surface area (Å²) in [6.45, 7) is 3.89. The molecule has 1 aliphatic heterocycles. The number of nitrogens with zero attached hydrogens (tertiary/aromatic N) is 4. The molecule has 1 unspecified atom stereocenters. The molecule has 0 saturated carbocycles. The highest BCUT2D eigenvalue weighted by Gasteiger charge is 2.37. The van der Waals surface area contributed by atoms with Crippen LogP contribution in [-0.4, -0.2) is 33.7 Å². The maximum absolute atomic E-state index is 12.4. The van der Waals surface area contributed by atoms with Gasteiger partial charge in [-0.15, -0.1) is 6.58 Å². The molecule has 8 nitrogen and oxygen atoms in total. The highest BCUT2D eigenvalue weighted by atomic mass is 32.2. The number of hydrogen-bond donors (Lipinski definition) is 1. The van der Waals surface area contributed by atoms with Gasteiger partial charge >= 0.3 is 0 Å². The highest BCUT2D eigenvalue weighted by Crippen LogP contribution is 2.32. The highest BCUT2D eigenvalue weighted by molar-refractivity contribution is 8.15. The lowest BCUT2D eigenvalue weighted by molar-refractivity contribution is -0.305. The van der Waals surface area contributed by atoms with E-state index in [0.717, 1.165) is 17.4 Å². The minimum absolute atomic E-state index is 0. The molecular formula is C20H21N5O3S. The Labute approximate surface area is 172 Å². The van der Waals surface area contributed by atoms with Crippen LogP contribution in [0.3, 0.4) is 0 Å². The first kappa shape index (κ1) is 22.0. The summed E-state index contributed by atoms with van der Waals surface area (Å²) < 4.78 is 0. The summed E-state index contributed by atoms with van der Waals surface area (Å²) >= 11 is 1.12. The Morgan fingerprint density at radius 1 is 1.07 bits per heavy atom. The number of benzene rings is 2. The zero-order valence-corrected chi connectivity index (χ0v) is 16.7. The lowest BCUT2D eigenvalue weighted by Gasteiger charge is -2.13. The number of carboxylic acid groups (broad SMARTS) is 1. The van der Waals surface area contributed by atoms with E-state index in [4.69, 9.17) is 0 Å². The predicted molar refractivity (Wildman–Crippen MR) is 113 cm³/mol. The number of thioether (sulfide) groups is 1. The van der Waals surface area contributed by atoms with Gasteiger partial charge in [0.2, 0.25) is 5.91 Å². The molecule has 1 saturated heterocycles. The van der Waals surface area contributed by atoms with Crippen LogP contribution < -0.4 is 11.3 Å². The van der Waals surface area contributed by atoms with Gasteiger partial charge in [0, 0.05) is 18.9 Å². The van der Waals surface area contributed by atoms with Crippen LogP contribution in [0, 0.1) is 0 Å². The maximum atomic E-state index is 12.4. The summed E-state index contributed by atoms with van der Waals surface area (Å²) in [6, 6.07) is 16.4. The molecule has 0 aliphatic carbocycles. The zero-order valence-electron chi connectivity index (χ0n) is 15.9. The van der Waals surface area contributed by atoms with E-state index in [2.05, 4.69) is 21.8 Å². The molecule has 2 aromatic rings. The van der Waals surface area contributed by atoms with Crippen LogP contribution >= 0.6 is 11.8 Å². The van der Waals surface area contributed by atoms with Crippen LogP contribution in [0.5, 0.6) is 0 Å². The monoisotopic (exact) mass is 411 g/mol. The Balaban J connectivity index is 0.00000300. The van der Waals surface area contributed by atoms with Crippen LogP contribution in [-0.2, 0) is 9.59 Å². The minimum Gasteiger partial charge on any atom is -0.550 e. The molecule has 1 fully saturated rings. The van der Waals surface area contributed by atoms with Crippen LogP contribution in [0.4, 0.5) is 17.1 Å². The number of rotatable bonds is 7. The van der Waals surface area contributed by atoms with Crippen molar-refractivity contribution in [3.05, 3.63) is 67.3 Å². The number of azo groups is 1. The van der Waals surface area contributed by atoms with Gasteiger partial charge in [0.15, 0.2) is 5.17 Å². The number of aliphatic imine (C=N–C) groups is 1. The van der Waals surface area contributed by atoms with Crippen molar-refractivity contribution in [3.63, 3.8) is 0 Å². The second-order valence-corrected chi connectivity index (χ2v) is 7.04. The first-order chi connectivity index (χ1) is 13.6. The van der Waals surface area contributed by atoms with Gasteiger partial charge in [-0.1, -0.05) is 36.0 Å². The third-order valence-corrected chi connectivity index (χ3v) is 4.97. The number of amides is 1. The summed E-state index contributed by atoms with van der Waals surface area (Å²) in [4.78, 5) is 29.1. The van der Waals surface area contributed by atoms with Gasteiger partial charge in [0.1, 0.15) is 0 Å². The van der Waals surface area contributed by atoms with E-state index >= 15 is 0 Å². The number of carbonyl (C=O) groups is 2. The third kappa shape index (κ3) is 5.84. The number of amidine groups is 1. The molecule has 1 atom stereocenters. The van der Waals surface area contributed by atoms with E-state index < -0.39 is 11.2 Å². The SMILES string of the molecule is C=CCN1C(=O)C(CC(=O)[O-])SC1=Nc1ccc(N=Nc2ccccc2)cc1.[NH4+]. The van der Waals surface area contributed by atoms with E-state index in [0.29, 0.717) is 16.5 Å². The minimum atomic E-state index is -1.27. The van der Waals surface area contributed by atoms with Crippen molar-refractivity contribution < 1.29 is 14.7 Å². The van der Waals surface area contributed by atoms with Crippen molar-refractivity contribution >= 4 is 45.9 Å². The summed E-state index contributed by atoms with van der Waals surface area (Å²) in [7, 11) is 0. The van der Waals surface area contributed by atoms with Gasteiger partial charge in [-0.2, -0.15) is 10.2 Å². The molecule has 2 aromatic carbocycles. The average Bonchev–Trinajstić information content (AvgIpc) is 2.97. The first-order valence-corrected chi connectivity index (χ1v) is 9.39. The molecule has 0 radical (unpaired) electrons. The fraction of sp³-hybridized carbons (Fsp3) is 0.150. The summed E-state index contributed by atoms with van der Waals surface area (Å²) in [5, 5.41) is 18.9. The number of carboxylic acids is 1. The van der Waals surface area contributed by atoms with E-state index in [1.165, 1.54) is 4.90 Å². The quantitative estimate of drug-likeness (QED) is 0.548. The lowest BCUT2D eigenvalue weighted by Crippen LogP contribution is -2.35. The van der Waals surface area contributed by atoms with Crippen molar-refractivity contribution in [2.45, 2.75) is 11.7 Å². The fourth-order valence-electron chi connectivity index (χ4n) is 2.49. The molecule has 150 valence electrons. The summed E-state index contributed by atoms with van der Waals surface area (Å²) in [5.74, 6) is -1.57. The van der Waals surface area contributed by atoms with E-state index in [-0.39, 0.29) is 25.0 Å². The Hall–Kier alpha value is -3.30. The number of quaternary nitrogens is 1. The van der Waals surface area contributed by atoms with Gasteiger partial charge in [-0.05, 0) is 36.4 Å². The largest absolute Gasteiger partial charge is 0.550 e. The molecule has 29 heavy (non-hydrogen) atoms. The molecular weight excluding hydrogens is 390 g/mol. The topological polar surface area (TPSA) is 134 Å². The van der Waals surface area contributed by atoms with Gasteiger partial charge in [-0.3, -0.25) is 9.69 Å². The summed E-state index contributed by atoms with van der Waals surface area (Å²) in [5.41, 5.74) is 2.05. The molecule has 1 amide bonds. The fourth-order valence-corrected chi connectivity index (χ4v) is 3.64. The molecule has 0 bridgehead atoms. The van der Waals surface area contributed by atoms with Crippen molar-refractivity contribution in [1.82, 2.24) is 11.1 Å². The van der Waals surface area contributed by atoms with E-state index in [1.807, 2.05) is 30.3 Å². The average molecular weight is 411 g/mol. The normalized spacial score (nSPS) is 17.5. The standard InChI is InChI=1S/C20H18N4O3S.H3N/c1-2-12-24-19(27)17(13-18(25)26)28-20(24)21-14-8-10-16(11-9-14)23-22-15-6-4-3-5-7-15;/h2-11,17H,1,12-13H2,(H,25,26);1H3. The van der Waals surface area contributed by atoms with Crippen molar-refractivity contribution in [1.29, 1.82) is 0 Å². The van der Waals surface area contributed by atoms with Crippen LogP contribution in [0.15, 0.2) is 82.5 Å². The third-order valence-electron chi connectivity index (χ3n) is 3.80. The molecule has 4 N–H and O–H groups in total. The molecule has 1 heterocycles. The van der Waals surface area contributed by atoms with E-state index in [9.17, 15) is 14.7 Å². The molecule has 3 rings (SSSR count). The Morgan fingerprint density at radius 2 is 1.66 bits per heavy atom. The second-order valence-electron chi connectivity index (χ2n) is 5.87. The van der Waals surface area contributed by atoms with E-state index in [1.54, 1.807) is 30.3 Å². The van der Waals surface area contributed by atoms with Crippen molar-refractivity contribution in [2.24, 2.45) is 15.2 Å². The Bertz CT molecular complexity index is 929. The van der Waals surface area contributed by atoms with Crippen LogP contribution in [0.2, 0.25) is 0 Å². The number of hydrogen-bond acceptors (Lipinski definition) is 7. The van der Waals surface area contributed by atoms with Gasteiger partial charge in [0.25, 0.3) is 0 Å². The Morgan fingerprint density at radius 3 is 2.24 bits per heavy atom.